The van der Waals surface area contributed by atoms with Gasteiger partial charge in [-0.25, -0.2) is 9.78 Å². The van der Waals surface area contributed by atoms with E-state index in [1.807, 2.05) is 11.7 Å². The zero-order valence-electron chi connectivity index (χ0n) is 25.2. The highest BCUT2D eigenvalue weighted by Crippen LogP contribution is 2.34. The molecule has 42 heavy (non-hydrogen) atoms. The smallest absolute Gasteiger partial charge is 0.410 e. The molecule has 3 atom stereocenters. The Bertz CT molecular complexity index is 1230. The SMILES string of the molecule is C=O.CCCCC1CN(CC(CC(C)C(F)(F)F)N(C)C(=O)OC(C)(C)C)Cc2c1nc(-c1ccc(Cl)cc1)[nH]c2=O. The lowest BCUT2D eigenvalue weighted by molar-refractivity contribution is -0.174. The number of nitrogens with one attached hydrogen (secondary N) is 1. The number of halogens is 4. The first-order valence-electron chi connectivity index (χ1n) is 14.0. The van der Waals surface area contributed by atoms with Crippen LogP contribution in [0, 0.1) is 5.92 Å². The quantitative estimate of drug-likeness (QED) is 0.333. The van der Waals surface area contributed by atoms with Gasteiger partial charge in [-0.15, -0.1) is 0 Å². The molecule has 0 spiro atoms. The average Bonchev–Trinajstić information content (AvgIpc) is 2.91. The first-order chi connectivity index (χ1) is 19.6. The molecule has 8 nitrogen and oxygen atoms in total. The zero-order chi connectivity index (χ0) is 31.8. The summed E-state index contributed by atoms with van der Waals surface area (Å²) in [7, 11) is 1.47. The van der Waals surface area contributed by atoms with E-state index in [0.717, 1.165) is 37.4 Å². The Morgan fingerprint density at radius 2 is 1.86 bits per heavy atom. The number of rotatable bonds is 9. The molecule has 1 amide bonds. The van der Waals surface area contributed by atoms with Crippen LogP contribution < -0.4 is 5.56 Å². The largest absolute Gasteiger partial charge is 0.444 e. The van der Waals surface area contributed by atoms with Gasteiger partial charge in [-0.2, -0.15) is 13.2 Å². The van der Waals surface area contributed by atoms with Crippen molar-refractivity contribution in [1.29, 1.82) is 0 Å². The number of carbonyl (C=O) groups excluding carboxylic acids is 2. The number of amides is 1. The minimum absolute atomic E-state index is 0.0791. The van der Waals surface area contributed by atoms with Crippen molar-refractivity contribution in [1.82, 2.24) is 19.8 Å². The van der Waals surface area contributed by atoms with Crippen molar-refractivity contribution in [3.8, 4) is 11.4 Å². The minimum atomic E-state index is -4.40. The van der Waals surface area contributed by atoms with Gasteiger partial charge in [0.1, 0.15) is 18.2 Å². The third-order valence-electron chi connectivity index (χ3n) is 7.20. The van der Waals surface area contributed by atoms with Crippen molar-refractivity contribution in [2.24, 2.45) is 5.92 Å². The molecular formula is C30H42ClF3N4O4. The maximum atomic E-state index is 13.6. The summed E-state index contributed by atoms with van der Waals surface area (Å²) in [5, 5.41) is 0.575. The van der Waals surface area contributed by atoms with Gasteiger partial charge < -0.3 is 19.4 Å². The predicted molar refractivity (Wildman–Crippen MR) is 158 cm³/mol. The Morgan fingerprint density at radius 1 is 1.24 bits per heavy atom. The maximum absolute atomic E-state index is 13.6. The van der Waals surface area contributed by atoms with E-state index in [0.29, 0.717) is 23.0 Å². The van der Waals surface area contributed by atoms with Gasteiger partial charge in [-0.1, -0.05) is 38.3 Å². The van der Waals surface area contributed by atoms with E-state index >= 15 is 0 Å². The van der Waals surface area contributed by atoms with Crippen molar-refractivity contribution in [2.75, 3.05) is 20.1 Å². The number of hydrogen-bond acceptors (Lipinski definition) is 6. The van der Waals surface area contributed by atoms with Gasteiger partial charge in [-0.05, 0) is 57.9 Å². The summed E-state index contributed by atoms with van der Waals surface area (Å²) in [4.78, 5) is 45.1. The van der Waals surface area contributed by atoms with E-state index in [9.17, 15) is 22.8 Å². The van der Waals surface area contributed by atoms with Crippen molar-refractivity contribution >= 4 is 24.5 Å². The summed E-state index contributed by atoms with van der Waals surface area (Å²) in [6.07, 6.45) is -2.72. The molecule has 1 aromatic heterocycles. The summed E-state index contributed by atoms with van der Waals surface area (Å²) < 4.78 is 46.2. The molecule has 2 heterocycles. The molecule has 0 bridgehead atoms. The molecule has 3 rings (SSSR count). The number of ether oxygens (including phenoxy) is 1. The number of benzene rings is 1. The molecule has 0 fully saturated rings. The Hall–Kier alpha value is -2.92. The molecule has 12 heteroatoms. The van der Waals surface area contributed by atoms with Crippen LogP contribution in [0.15, 0.2) is 29.1 Å². The number of aromatic nitrogens is 2. The van der Waals surface area contributed by atoms with Crippen LogP contribution >= 0.6 is 11.6 Å². The van der Waals surface area contributed by atoms with Gasteiger partial charge in [-0.3, -0.25) is 9.69 Å². The van der Waals surface area contributed by atoms with E-state index in [1.54, 1.807) is 45.0 Å². The van der Waals surface area contributed by atoms with E-state index in [2.05, 4.69) is 11.9 Å². The molecule has 0 saturated carbocycles. The molecule has 1 aromatic carbocycles. The third kappa shape index (κ3) is 9.83. The van der Waals surface area contributed by atoms with Crippen molar-refractivity contribution in [3.63, 3.8) is 0 Å². The van der Waals surface area contributed by atoms with Crippen LogP contribution in [0.4, 0.5) is 18.0 Å². The summed E-state index contributed by atoms with van der Waals surface area (Å²) in [5.41, 5.74) is 0.899. The van der Waals surface area contributed by atoms with E-state index in [4.69, 9.17) is 26.1 Å². The average molecular weight is 615 g/mol. The maximum Gasteiger partial charge on any atom is 0.410 e. The van der Waals surface area contributed by atoms with Gasteiger partial charge in [0.2, 0.25) is 0 Å². The number of likely N-dealkylation sites (N-methyl/N-ethyl adjacent to an activating group) is 1. The van der Waals surface area contributed by atoms with Gasteiger partial charge in [0, 0.05) is 49.2 Å². The van der Waals surface area contributed by atoms with Gasteiger partial charge in [0.25, 0.3) is 5.56 Å². The highest BCUT2D eigenvalue weighted by atomic mass is 35.5. The highest BCUT2D eigenvalue weighted by Gasteiger charge is 2.40. The number of fused-ring (bicyclic) bond motifs is 1. The van der Waals surface area contributed by atoms with Gasteiger partial charge >= 0.3 is 12.3 Å². The summed E-state index contributed by atoms with van der Waals surface area (Å²) in [6, 6.07) is 6.27. The van der Waals surface area contributed by atoms with Crippen LogP contribution in [0.5, 0.6) is 0 Å². The molecular weight excluding hydrogens is 573 g/mol. The van der Waals surface area contributed by atoms with Crippen molar-refractivity contribution in [2.45, 2.75) is 90.6 Å². The monoisotopic (exact) mass is 614 g/mol. The lowest BCUT2D eigenvalue weighted by Crippen LogP contribution is -2.50. The molecule has 0 radical (unpaired) electrons. The summed E-state index contributed by atoms with van der Waals surface area (Å²) >= 11 is 6.02. The topological polar surface area (TPSA) is 95.6 Å². The first-order valence-corrected chi connectivity index (χ1v) is 14.4. The van der Waals surface area contributed by atoms with Crippen molar-refractivity contribution in [3.05, 3.63) is 50.9 Å². The van der Waals surface area contributed by atoms with Gasteiger partial charge in [0.15, 0.2) is 0 Å². The Kier molecular flexibility index (Phi) is 12.6. The number of carbonyl (C=O) groups is 2. The molecule has 2 aromatic rings. The predicted octanol–water partition coefficient (Wildman–Crippen LogP) is 6.82. The lowest BCUT2D eigenvalue weighted by atomic mass is 9.90. The summed E-state index contributed by atoms with van der Waals surface area (Å²) in [6.45, 7) is 11.2. The number of unbranched alkanes of at least 4 members (excludes halogenated alkanes) is 1. The van der Waals surface area contributed by atoms with Crippen LogP contribution in [0.3, 0.4) is 0 Å². The lowest BCUT2D eigenvalue weighted by Gasteiger charge is -2.39. The number of H-pyrrole nitrogens is 1. The fourth-order valence-corrected chi connectivity index (χ4v) is 5.06. The minimum Gasteiger partial charge on any atom is -0.444 e. The zero-order valence-corrected chi connectivity index (χ0v) is 25.9. The fourth-order valence-electron chi connectivity index (χ4n) is 4.93. The Morgan fingerprint density at radius 3 is 2.40 bits per heavy atom. The second kappa shape index (κ2) is 15.0. The van der Waals surface area contributed by atoms with Crippen LogP contribution in [-0.4, -0.2) is 70.6 Å². The number of nitrogens with zero attached hydrogens (tertiary/aromatic N) is 3. The molecule has 234 valence electrons. The third-order valence-corrected chi connectivity index (χ3v) is 7.45. The van der Waals surface area contributed by atoms with E-state index < -0.39 is 29.8 Å². The Balaban J connectivity index is 0.00000301. The number of hydrogen-bond donors (Lipinski definition) is 1. The first kappa shape index (κ1) is 35.3. The van der Waals surface area contributed by atoms with Crippen LogP contribution in [-0.2, 0) is 16.1 Å². The second-order valence-electron chi connectivity index (χ2n) is 11.7. The van der Waals surface area contributed by atoms with Crippen molar-refractivity contribution < 1.29 is 27.5 Å². The van der Waals surface area contributed by atoms with Gasteiger partial charge in [0.05, 0.1) is 17.2 Å². The second-order valence-corrected chi connectivity index (χ2v) is 12.2. The van der Waals surface area contributed by atoms with Crippen LogP contribution in [0.25, 0.3) is 11.4 Å². The Labute approximate surface area is 250 Å². The number of aromatic amines is 1. The molecule has 0 aliphatic carbocycles. The highest BCUT2D eigenvalue weighted by molar-refractivity contribution is 6.30. The molecule has 3 unspecified atom stereocenters. The standard InChI is InChI=1S/C29H40ClF3N4O3.CH2O/c1-7-8-9-20-15-37(16-22(14-18(2)29(31,32)33)36(6)27(39)40-28(3,4)5)17-23-24(20)34-25(35-26(23)38)19-10-12-21(30)13-11-19;1-2/h10-13,18,20,22H,7-9,14-17H2,1-6H3,(H,34,35,38);1H2. The van der Waals surface area contributed by atoms with Crippen LogP contribution in [0.1, 0.15) is 77.5 Å². The molecule has 1 aliphatic heterocycles. The molecule has 0 saturated heterocycles. The van der Waals surface area contributed by atoms with Crippen LogP contribution in [0.2, 0.25) is 5.02 Å². The molecule has 1 aliphatic rings. The number of alkyl halides is 3. The fraction of sp³-hybridized carbons (Fsp3) is 0.600. The molecule has 1 N–H and O–H groups in total. The normalized spacial score (nSPS) is 17.0. The van der Waals surface area contributed by atoms with E-state index in [-0.39, 0.29) is 31.0 Å². The van der Waals surface area contributed by atoms with E-state index in [1.165, 1.54) is 11.9 Å². The summed E-state index contributed by atoms with van der Waals surface area (Å²) in [5.74, 6) is -1.25.